The van der Waals surface area contributed by atoms with Gasteiger partial charge in [0.1, 0.15) is 23.1 Å². The van der Waals surface area contributed by atoms with Crippen LogP contribution in [0.1, 0.15) is 37.2 Å². The van der Waals surface area contributed by atoms with Crippen LogP contribution in [0.4, 0.5) is 14.9 Å². The number of rotatable bonds is 11. The van der Waals surface area contributed by atoms with Gasteiger partial charge < -0.3 is 29.8 Å². The smallest absolute Gasteiger partial charge is 0.407 e. The third-order valence-electron chi connectivity index (χ3n) is 6.50. The Balaban J connectivity index is 1.48. The lowest BCUT2D eigenvalue weighted by molar-refractivity contribution is -0.123. The minimum atomic E-state index is -1.03. The maximum atomic E-state index is 14.4. The zero-order valence-electron chi connectivity index (χ0n) is 22.6. The summed E-state index contributed by atoms with van der Waals surface area (Å²) in [7, 11) is 4.40. The summed E-state index contributed by atoms with van der Waals surface area (Å²) in [5, 5.41) is 5.01. The van der Waals surface area contributed by atoms with E-state index in [9.17, 15) is 23.6 Å². The number of ether oxygens (including phenoxy) is 1. The van der Waals surface area contributed by atoms with Crippen LogP contribution in [0.3, 0.4) is 0 Å². The van der Waals surface area contributed by atoms with Gasteiger partial charge in [-0.05, 0) is 56.2 Å². The highest BCUT2D eigenvalue weighted by molar-refractivity contribution is 5.96. The monoisotopic (exact) mass is 553 g/mol. The molecular formula is C27H32FN7O5. The molecule has 1 saturated carbocycles. The fourth-order valence-electron chi connectivity index (χ4n) is 4.09. The molecule has 1 aliphatic rings. The number of anilines is 1. The van der Waals surface area contributed by atoms with Gasteiger partial charge in [0.2, 0.25) is 11.8 Å². The van der Waals surface area contributed by atoms with Crippen molar-refractivity contribution < 1.29 is 23.5 Å². The largest absolute Gasteiger partial charge is 0.453 e. The number of methoxy groups -OCH3 is 1. The van der Waals surface area contributed by atoms with Gasteiger partial charge in [-0.15, -0.1) is 0 Å². The molecule has 1 aliphatic carbocycles. The van der Waals surface area contributed by atoms with Crippen LogP contribution in [-0.2, 0) is 27.3 Å². The number of H-pyrrole nitrogens is 1. The van der Waals surface area contributed by atoms with Crippen molar-refractivity contribution in [3.8, 4) is 0 Å². The average Bonchev–Trinajstić information content (AvgIpc) is 3.64. The minimum absolute atomic E-state index is 0.00801. The number of alkyl carbamates (subject to hydrolysis) is 1. The third-order valence-corrected chi connectivity index (χ3v) is 6.50. The first-order chi connectivity index (χ1) is 19.2. The lowest BCUT2D eigenvalue weighted by Crippen LogP contribution is -2.44. The van der Waals surface area contributed by atoms with Gasteiger partial charge >= 0.3 is 6.09 Å². The van der Waals surface area contributed by atoms with E-state index in [1.54, 1.807) is 26.2 Å². The number of likely N-dealkylation sites (N-methyl/N-ethyl adjacent to an activating group) is 1. The molecular weight excluding hydrogens is 521 g/mol. The van der Waals surface area contributed by atoms with Crippen LogP contribution in [0.5, 0.6) is 0 Å². The second-order valence-electron chi connectivity index (χ2n) is 9.85. The molecule has 0 aromatic carbocycles. The van der Waals surface area contributed by atoms with E-state index in [2.05, 4.69) is 30.3 Å². The number of carbonyl (C=O) groups is 3. The number of nitrogens with zero attached hydrogens (tertiary/aromatic N) is 4. The van der Waals surface area contributed by atoms with Crippen molar-refractivity contribution in [3.05, 3.63) is 64.4 Å². The van der Waals surface area contributed by atoms with E-state index in [4.69, 9.17) is 0 Å². The Labute approximate surface area is 229 Å². The second-order valence-corrected chi connectivity index (χ2v) is 9.85. The quantitative estimate of drug-likeness (QED) is 0.308. The maximum absolute atomic E-state index is 14.4. The summed E-state index contributed by atoms with van der Waals surface area (Å²) in [4.78, 5) is 62.8. The maximum Gasteiger partial charge on any atom is 0.407 e. The molecule has 4 rings (SSSR count). The number of pyridine rings is 2. The van der Waals surface area contributed by atoms with Crippen LogP contribution in [0.25, 0.3) is 11.0 Å². The third kappa shape index (κ3) is 7.10. The van der Waals surface area contributed by atoms with E-state index >= 15 is 0 Å². The van der Waals surface area contributed by atoms with E-state index in [0.717, 1.165) is 25.0 Å². The fraction of sp³-hybridized carbons (Fsp3) is 0.407. The molecule has 0 bridgehead atoms. The highest BCUT2D eigenvalue weighted by Crippen LogP contribution is 2.33. The van der Waals surface area contributed by atoms with Crippen molar-refractivity contribution in [2.75, 3.05) is 26.5 Å². The van der Waals surface area contributed by atoms with Gasteiger partial charge in [0.25, 0.3) is 5.56 Å². The molecule has 0 aliphatic heterocycles. The van der Waals surface area contributed by atoms with Gasteiger partial charge in [-0.1, -0.05) is 6.08 Å². The van der Waals surface area contributed by atoms with Crippen molar-refractivity contribution in [1.82, 2.24) is 29.7 Å². The molecule has 3 aromatic rings. The fourth-order valence-corrected chi connectivity index (χ4v) is 4.09. The van der Waals surface area contributed by atoms with Gasteiger partial charge in [0, 0.05) is 20.3 Å². The normalized spacial score (nSPS) is 13.8. The first-order valence-corrected chi connectivity index (χ1v) is 12.9. The van der Waals surface area contributed by atoms with Crippen molar-refractivity contribution >= 4 is 34.6 Å². The standard InChI is InChI=1S/C27H32FN7O5/c1-34(2)22(36)9-5-4-7-18(31-27(39)40-3)25(37)30-19-8-6-12-35(26(19)38)15-21-32-23-17(28)14-29-20(24(23)33-21)13-16-10-11-16/h5-6,8-9,12,14,16,18H,4,7,10-11,13,15H2,1-3H3,(H,30,37)(H,31,39)(H,32,33). The number of nitrogens with one attached hydrogen (secondary N) is 3. The number of fused-ring (bicyclic) bond motifs is 1. The van der Waals surface area contributed by atoms with Crippen molar-refractivity contribution in [1.29, 1.82) is 0 Å². The van der Waals surface area contributed by atoms with Crippen LogP contribution in [-0.4, -0.2) is 69.6 Å². The summed E-state index contributed by atoms with van der Waals surface area (Å²) in [5.41, 5.74) is 0.923. The molecule has 0 radical (unpaired) electrons. The Morgan fingerprint density at radius 1 is 1.32 bits per heavy atom. The van der Waals surface area contributed by atoms with Crippen LogP contribution in [0.15, 0.2) is 41.5 Å². The number of hydrogen-bond donors (Lipinski definition) is 3. The molecule has 12 nitrogen and oxygen atoms in total. The summed E-state index contributed by atoms with van der Waals surface area (Å²) < 4.78 is 20.4. The number of hydrogen-bond acceptors (Lipinski definition) is 7. The summed E-state index contributed by atoms with van der Waals surface area (Å²) in [6, 6.07) is 1.99. The molecule has 40 heavy (non-hydrogen) atoms. The van der Waals surface area contributed by atoms with Gasteiger partial charge in [-0.2, -0.15) is 0 Å². The molecule has 1 atom stereocenters. The van der Waals surface area contributed by atoms with Crippen molar-refractivity contribution in [2.45, 2.75) is 44.7 Å². The number of amides is 3. The number of aromatic nitrogens is 4. The topological polar surface area (TPSA) is 151 Å². The van der Waals surface area contributed by atoms with Crippen LogP contribution in [0, 0.1) is 11.7 Å². The molecule has 212 valence electrons. The van der Waals surface area contributed by atoms with E-state index in [0.29, 0.717) is 23.7 Å². The molecule has 3 heterocycles. The highest BCUT2D eigenvalue weighted by atomic mass is 19.1. The van der Waals surface area contributed by atoms with Crippen LogP contribution < -0.4 is 16.2 Å². The van der Waals surface area contributed by atoms with Gasteiger partial charge in [0.15, 0.2) is 5.82 Å². The first-order valence-electron chi connectivity index (χ1n) is 12.9. The van der Waals surface area contributed by atoms with E-state index in [1.165, 1.54) is 41.1 Å². The molecule has 0 saturated heterocycles. The Hall–Kier alpha value is -4.55. The SMILES string of the molecule is COC(=O)NC(CCC=CC(=O)N(C)C)C(=O)Nc1cccn(Cc2nc3c(F)cnc(CC4CC4)c3[nH]2)c1=O. The number of aromatic amines is 1. The van der Waals surface area contributed by atoms with Gasteiger partial charge in [-0.3, -0.25) is 19.4 Å². The Morgan fingerprint density at radius 3 is 2.80 bits per heavy atom. The van der Waals surface area contributed by atoms with Crippen molar-refractivity contribution in [3.63, 3.8) is 0 Å². The highest BCUT2D eigenvalue weighted by Gasteiger charge is 2.25. The minimum Gasteiger partial charge on any atom is -0.453 e. The summed E-state index contributed by atoms with van der Waals surface area (Å²) >= 11 is 0. The summed E-state index contributed by atoms with van der Waals surface area (Å²) in [5.74, 6) is -0.474. The average molecular weight is 554 g/mol. The molecule has 3 amide bonds. The predicted molar refractivity (Wildman–Crippen MR) is 145 cm³/mol. The Kier molecular flexibility index (Phi) is 8.92. The molecule has 3 N–H and O–H groups in total. The lowest BCUT2D eigenvalue weighted by Gasteiger charge is -2.17. The van der Waals surface area contributed by atoms with Gasteiger partial charge in [-0.25, -0.2) is 14.2 Å². The van der Waals surface area contributed by atoms with E-state index in [-0.39, 0.29) is 30.1 Å². The zero-order valence-corrected chi connectivity index (χ0v) is 22.6. The van der Waals surface area contributed by atoms with E-state index in [1.807, 2.05) is 0 Å². The molecule has 0 spiro atoms. The van der Waals surface area contributed by atoms with Gasteiger partial charge in [0.05, 0.1) is 31.1 Å². The number of imidazole rings is 1. The van der Waals surface area contributed by atoms with Crippen LogP contribution >= 0.6 is 0 Å². The molecule has 1 fully saturated rings. The van der Waals surface area contributed by atoms with E-state index < -0.39 is 29.4 Å². The summed E-state index contributed by atoms with van der Waals surface area (Å²) in [6.07, 6.45) is 8.30. The zero-order chi connectivity index (χ0) is 28.8. The Morgan fingerprint density at radius 2 is 2.10 bits per heavy atom. The molecule has 1 unspecified atom stereocenters. The predicted octanol–water partition coefficient (Wildman–Crippen LogP) is 2.35. The summed E-state index contributed by atoms with van der Waals surface area (Å²) in [6.45, 7) is 0.00801. The molecule has 3 aromatic heterocycles. The molecule has 13 heteroatoms. The van der Waals surface area contributed by atoms with Crippen LogP contribution in [0.2, 0.25) is 0 Å². The Bertz CT molecular complexity index is 1490. The number of allylic oxidation sites excluding steroid dienone is 1. The lowest BCUT2D eigenvalue weighted by atomic mass is 10.1. The first kappa shape index (κ1) is 28.5. The second kappa shape index (κ2) is 12.5. The number of carbonyl (C=O) groups excluding carboxylic acids is 3. The van der Waals surface area contributed by atoms with Crippen molar-refractivity contribution in [2.24, 2.45) is 5.92 Å². The number of halogens is 1.